The average molecular weight is 333 g/mol. The molecule has 5 aliphatic rings. The van der Waals surface area contributed by atoms with Gasteiger partial charge in [-0.15, -0.1) is 0 Å². The molecule has 1 amide bonds. The van der Waals surface area contributed by atoms with Gasteiger partial charge in [-0.25, -0.2) is 0 Å². The molecule has 4 heteroatoms. The van der Waals surface area contributed by atoms with Crippen molar-refractivity contribution in [2.75, 3.05) is 0 Å². The highest BCUT2D eigenvalue weighted by Crippen LogP contribution is 2.60. The van der Waals surface area contributed by atoms with Crippen LogP contribution < -0.4 is 5.32 Å². The first-order valence-electron chi connectivity index (χ1n) is 10.1. The Labute approximate surface area is 145 Å². The molecule has 0 aliphatic heterocycles. The van der Waals surface area contributed by atoms with E-state index in [1.807, 2.05) is 0 Å². The van der Waals surface area contributed by atoms with Crippen molar-refractivity contribution in [2.24, 2.45) is 23.2 Å². The van der Waals surface area contributed by atoms with E-state index in [9.17, 15) is 9.59 Å². The highest BCUT2D eigenvalue weighted by atomic mass is 16.5. The van der Waals surface area contributed by atoms with Crippen LogP contribution in [0.4, 0.5) is 0 Å². The minimum atomic E-state index is -0.660. The fourth-order valence-corrected chi connectivity index (χ4v) is 6.27. The zero-order valence-electron chi connectivity index (χ0n) is 14.9. The molecule has 0 radical (unpaired) electrons. The molecular formula is C20H31NO3. The molecule has 24 heavy (non-hydrogen) atoms. The van der Waals surface area contributed by atoms with Gasteiger partial charge in [0.25, 0.3) is 5.91 Å². The zero-order valence-corrected chi connectivity index (χ0v) is 14.9. The van der Waals surface area contributed by atoms with Gasteiger partial charge in [0.1, 0.15) is 0 Å². The van der Waals surface area contributed by atoms with Gasteiger partial charge in [0.2, 0.25) is 0 Å². The average Bonchev–Trinajstić information content (AvgIpc) is 2.54. The van der Waals surface area contributed by atoms with E-state index >= 15 is 0 Å². The van der Waals surface area contributed by atoms with E-state index in [1.54, 1.807) is 6.92 Å². The summed E-state index contributed by atoms with van der Waals surface area (Å²) >= 11 is 0. The van der Waals surface area contributed by atoms with Crippen LogP contribution in [0.1, 0.15) is 77.6 Å². The Hall–Kier alpha value is -1.06. The molecule has 0 aromatic heterocycles. The van der Waals surface area contributed by atoms with Crippen molar-refractivity contribution in [3.63, 3.8) is 0 Å². The SMILES string of the molecule is C[C@H](OC(=O)C12CC3CC(CC(C3)C1)C2)C(=O)NC1CCCCC1. The topological polar surface area (TPSA) is 55.4 Å². The molecule has 4 nitrogen and oxygen atoms in total. The molecule has 0 unspecified atom stereocenters. The van der Waals surface area contributed by atoms with Crippen molar-refractivity contribution in [2.45, 2.75) is 89.7 Å². The van der Waals surface area contributed by atoms with Gasteiger partial charge in [0, 0.05) is 6.04 Å². The summed E-state index contributed by atoms with van der Waals surface area (Å²) in [5, 5.41) is 3.08. The van der Waals surface area contributed by atoms with E-state index < -0.39 is 6.10 Å². The second-order valence-corrected chi connectivity index (χ2v) is 9.09. The standard InChI is InChI=1S/C20H31NO3/c1-13(18(22)21-17-5-3-2-4-6-17)24-19(23)20-10-14-7-15(11-20)9-16(8-14)12-20/h13-17H,2-12H2,1H3,(H,21,22)/t13-,14?,15?,16?,20?/m0/s1. The van der Waals surface area contributed by atoms with Crippen LogP contribution in [-0.2, 0) is 14.3 Å². The van der Waals surface area contributed by atoms with Crippen molar-refractivity contribution in [3.8, 4) is 0 Å². The van der Waals surface area contributed by atoms with Crippen LogP contribution in [0.5, 0.6) is 0 Å². The van der Waals surface area contributed by atoms with Gasteiger partial charge in [-0.1, -0.05) is 19.3 Å². The third-order valence-corrected chi connectivity index (χ3v) is 7.08. The number of ether oxygens (including phenoxy) is 1. The fraction of sp³-hybridized carbons (Fsp3) is 0.900. The highest BCUT2D eigenvalue weighted by Gasteiger charge is 2.55. The first kappa shape index (κ1) is 16.4. The van der Waals surface area contributed by atoms with E-state index in [1.165, 1.54) is 38.5 Å². The van der Waals surface area contributed by atoms with E-state index in [2.05, 4.69) is 5.32 Å². The van der Waals surface area contributed by atoms with Gasteiger partial charge in [-0.3, -0.25) is 9.59 Å². The van der Waals surface area contributed by atoms with E-state index in [4.69, 9.17) is 4.74 Å². The summed E-state index contributed by atoms with van der Waals surface area (Å²) in [6.45, 7) is 1.73. The Kier molecular flexibility index (Phi) is 4.34. The number of esters is 1. The molecule has 1 atom stereocenters. The van der Waals surface area contributed by atoms with Gasteiger partial charge in [0.05, 0.1) is 5.41 Å². The number of rotatable bonds is 4. The van der Waals surface area contributed by atoms with Crippen molar-refractivity contribution in [3.05, 3.63) is 0 Å². The molecule has 4 bridgehead atoms. The Morgan fingerprint density at radius 1 is 0.958 bits per heavy atom. The van der Waals surface area contributed by atoms with Crippen LogP contribution in [0.2, 0.25) is 0 Å². The second-order valence-electron chi connectivity index (χ2n) is 9.09. The third-order valence-electron chi connectivity index (χ3n) is 7.08. The van der Waals surface area contributed by atoms with Gasteiger partial charge < -0.3 is 10.1 Å². The van der Waals surface area contributed by atoms with Gasteiger partial charge in [-0.05, 0) is 76.0 Å². The van der Waals surface area contributed by atoms with Crippen LogP contribution in [0.3, 0.4) is 0 Å². The lowest BCUT2D eigenvalue weighted by atomic mass is 9.49. The Balaban J connectivity index is 1.34. The number of carbonyl (C=O) groups is 2. The normalized spacial score (nSPS) is 39.5. The maximum Gasteiger partial charge on any atom is 0.312 e. The fourth-order valence-electron chi connectivity index (χ4n) is 6.27. The van der Waals surface area contributed by atoms with Crippen molar-refractivity contribution in [1.82, 2.24) is 5.32 Å². The Morgan fingerprint density at radius 3 is 2.04 bits per heavy atom. The van der Waals surface area contributed by atoms with E-state index in [-0.39, 0.29) is 23.3 Å². The summed E-state index contributed by atoms with van der Waals surface area (Å²) in [7, 11) is 0. The smallest absolute Gasteiger partial charge is 0.312 e. The lowest BCUT2D eigenvalue weighted by Gasteiger charge is -2.55. The maximum absolute atomic E-state index is 12.9. The van der Waals surface area contributed by atoms with E-state index in [0.717, 1.165) is 49.9 Å². The van der Waals surface area contributed by atoms with Crippen LogP contribution in [-0.4, -0.2) is 24.0 Å². The quantitative estimate of drug-likeness (QED) is 0.800. The maximum atomic E-state index is 12.9. The van der Waals surface area contributed by atoms with Crippen molar-refractivity contribution >= 4 is 11.9 Å². The molecule has 0 spiro atoms. The van der Waals surface area contributed by atoms with Crippen LogP contribution >= 0.6 is 0 Å². The third kappa shape index (κ3) is 3.09. The summed E-state index contributed by atoms with van der Waals surface area (Å²) in [6.07, 6.45) is 12.0. The van der Waals surface area contributed by atoms with Crippen LogP contribution in [0.15, 0.2) is 0 Å². The number of hydrogen-bond acceptors (Lipinski definition) is 3. The van der Waals surface area contributed by atoms with Crippen LogP contribution in [0, 0.1) is 23.2 Å². The minimum absolute atomic E-state index is 0.0899. The molecule has 5 saturated carbocycles. The monoisotopic (exact) mass is 333 g/mol. The molecule has 0 heterocycles. The summed E-state index contributed by atoms with van der Waals surface area (Å²) in [6, 6.07) is 0.270. The van der Waals surface area contributed by atoms with E-state index in [0.29, 0.717) is 0 Å². The van der Waals surface area contributed by atoms with Gasteiger partial charge in [-0.2, -0.15) is 0 Å². The summed E-state index contributed by atoms with van der Waals surface area (Å²) in [5.74, 6) is 1.95. The van der Waals surface area contributed by atoms with Gasteiger partial charge in [0.15, 0.2) is 6.10 Å². The highest BCUT2D eigenvalue weighted by molar-refractivity contribution is 5.85. The number of nitrogens with one attached hydrogen (secondary N) is 1. The number of amides is 1. The predicted octanol–water partition coefficient (Wildman–Crippen LogP) is 3.58. The number of hydrogen-bond donors (Lipinski definition) is 1. The molecule has 0 aromatic rings. The summed E-state index contributed by atoms with van der Waals surface area (Å²) in [5.41, 5.74) is -0.270. The predicted molar refractivity (Wildman–Crippen MR) is 91.2 cm³/mol. The molecule has 0 saturated heterocycles. The first-order valence-corrected chi connectivity index (χ1v) is 10.1. The zero-order chi connectivity index (χ0) is 16.7. The second kappa shape index (κ2) is 6.34. The first-order chi connectivity index (χ1) is 11.5. The largest absolute Gasteiger partial charge is 0.452 e. The van der Waals surface area contributed by atoms with Crippen LogP contribution in [0.25, 0.3) is 0 Å². The molecule has 5 fully saturated rings. The van der Waals surface area contributed by atoms with Crippen molar-refractivity contribution < 1.29 is 14.3 Å². The summed E-state index contributed by atoms with van der Waals surface area (Å²) < 4.78 is 5.69. The molecule has 0 aromatic carbocycles. The summed E-state index contributed by atoms with van der Waals surface area (Å²) in [4.78, 5) is 25.3. The molecule has 134 valence electrons. The Bertz CT molecular complexity index is 474. The molecule has 1 N–H and O–H groups in total. The minimum Gasteiger partial charge on any atom is -0.452 e. The Morgan fingerprint density at radius 2 is 1.50 bits per heavy atom. The lowest BCUT2D eigenvalue weighted by molar-refractivity contribution is -0.178. The lowest BCUT2D eigenvalue weighted by Crippen LogP contribution is -2.52. The molecular weight excluding hydrogens is 302 g/mol. The van der Waals surface area contributed by atoms with Crippen molar-refractivity contribution in [1.29, 1.82) is 0 Å². The molecule has 5 rings (SSSR count). The van der Waals surface area contributed by atoms with Gasteiger partial charge >= 0.3 is 5.97 Å². The molecule has 5 aliphatic carbocycles. The number of carbonyl (C=O) groups excluding carboxylic acids is 2.